The highest BCUT2D eigenvalue weighted by Crippen LogP contribution is 2.22. The van der Waals surface area contributed by atoms with Gasteiger partial charge in [-0.1, -0.05) is 44.2 Å². The summed E-state index contributed by atoms with van der Waals surface area (Å²) >= 11 is 0. The Balaban J connectivity index is 0.000000622. The van der Waals surface area contributed by atoms with Gasteiger partial charge in [-0.3, -0.25) is 57.7 Å². The number of H-pyrrole nitrogens is 2. The number of nitrogens with zero attached hydrogens (tertiary/aromatic N) is 3. The van der Waals surface area contributed by atoms with Crippen LogP contribution in [0.25, 0.3) is 10.9 Å². The molecule has 2 aromatic heterocycles. The average Bonchev–Trinajstić information content (AvgIpc) is 1.71. The highest BCUT2D eigenvalue weighted by molar-refractivity contribution is 5.99. The highest BCUT2D eigenvalue weighted by atomic mass is 16.6. The Morgan fingerprint density at radius 2 is 1.06 bits per heavy atom. The van der Waals surface area contributed by atoms with Gasteiger partial charge in [-0.15, -0.1) is 0 Å². The zero-order chi connectivity index (χ0) is 86.4. The molecule has 664 valence electrons. The van der Waals surface area contributed by atoms with Crippen LogP contribution < -0.4 is 65.1 Å². The van der Waals surface area contributed by atoms with Gasteiger partial charge in [-0.05, 0) is 73.8 Å². The molecular formula is C77H121N17O25. The number of aliphatic hydroxyl groups excluding tert-OH is 3. The van der Waals surface area contributed by atoms with Gasteiger partial charge in [0.15, 0.2) is 5.96 Å². The lowest BCUT2D eigenvalue weighted by atomic mass is 10.0. The van der Waals surface area contributed by atoms with E-state index < -0.39 is 127 Å². The molecule has 6 rings (SSSR count). The molecule has 8 unspecified atom stereocenters. The third-order valence-electron chi connectivity index (χ3n) is 17.9. The van der Waals surface area contributed by atoms with E-state index >= 15 is 0 Å². The number of fused-ring (bicyclic) bond motifs is 1. The second-order valence-corrected chi connectivity index (χ2v) is 27.7. The Kier molecular flexibility index (Phi) is 49.1. The summed E-state index contributed by atoms with van der Waals surface area (Å²) in [5.74, 6) is -8.86. The zero-order valence-electron chi connectivity index (χ0n) is 67.6. The van der Waals surface area contributed by atoms with Crippen molar-refractivity contribution in [2.75, 3.05) is 178 Å². The average molecular weight is 1680 g/mol. The molecule has 0 bridgehead atoms. The molecule has 2 saturated heterocycles. The number of hydrogen-bond acceptors (Lipinski definition) is 27. The molecule has 11 amide bonds. The van der Waals surface area contributed by atoms with E-state index in [-0.39, 0.29) is 108 Å². The van der Waals surface area contributed by atoms with Crippen molar-refractivity contribution in [3.05, 3.63) is 84.1 Å². The second-order valence-electron chi connectivity index (χ2n) is 27.7. The molecule has 0 radical (unpaired) electrons. The number of hydrogen-bond donors (Lipinski definition) is 18. The number of phenolic OH excluding ortho intramolecular Hbond substituents is 1. The minimum Gasteiger partial charge on any atom is -0.508 e. The number of aromatic amines is 2. The van der Waals surface area contributed by atoms with E-state index in [9.17, 15) is 63.0 Å². The molecule has 0 aliphatic carbocycles. The summed E-state index contributed by atoms with van der Waals surface area (Å²) in [5, 5.41) is 61.6. The topological polar surface area (TPSA) is 607 Å². The molecule has 2 aliphatic rings. The zero-order valence-corrected chi connectivity index (χ0v) is 67.6. The highest BCUT2D eigenvalue weighted by Gasteiger charge is 2.40. The van der Waals surface area contributed by atoms with Crippen LogP contribution in [0.15, 0.2) is 72.2 Å². The lowest BCUT2D eigenvalue weighted by Gasteiger charge is -2.30. The number of nitrogens with one attached hydrogen (secondary N) is 11. The van der Waals surface area contributed by atoms with Gasteiger partial charge in [-0.2, -0.15) is 0 Å². The Hall–Kier alpha value is -10.1. The number of primary amides is 1. The van der Waals surface area contributed by atoms with Gasteiger partial charge < -0.3 is 148 Å². The van der Waals surface area contributed by atoms with Gasteiger partial charge in [-0.25, -0.2) is 4.98 Å². The normalized spacial score (nSPS) is 15.2. The number of likely N-dealkylation sites (tertiary alicyclic amines) is 1. The number of rotatable bonds is 62. The van der Waals surface area contributed by atoms with Crippen LogP contribution in [0.2, 0.25) is 0 Å². The van der Waals surface area contributed by atoms with Gasteiger partial charge in [0.25, 0.3) is 0 Å². The maximum Gasteiger partial charge on any atom is 0.245 e. The number of carbonyl (C=O) groups is 11. The van der Waals surface area contributed by atoms with Crippen LogP contribution in [-0.4, -0.2) is 338 Å². The van der Waals surface area contributed by atoms with E-state index in [1.165, 1.54) is 41.7 Å². The molecule has 8 atom stereocenters. The molecule has 2 fully saturated rings. The molecule has 42 nitrogen and oxygen atoms in total. The van der Waals surface area contributed by atoms with Crippen LogP contribution in [0.1, 0.15) is 75.6 Å². The number of guanidine groups is 1. The monoisotopic (exact) mass is 1680 g/mol. The molecule has 2 aromatic carbocycles. The minimum atomic E-state index is -1.76. The third kappa shape index (κ3) is 41.0. The number of aliphatic hydroxyl groups is 3. The van der Waals surface area contributed by atoms with E-state index in [0.717, 1.165) is 0 Å². The number of benzene rings is 2. The molecule has 2 aliphatic heterocycles. The quantitative estimate of drug-likeness (QED) is 0.0112. The van der Waals surface area contributed by atoms with Gasteiger partial charge in [0, 0.05) is 67.8 Å². The molecule has 0 saturated carbocycles. The number of phenols is 1. The Morgan fingerprint density at radius 3 is 1.55 bits per heavy atom. The fourth-order valence-electron chi connectivity index (χ4n) is 12.0. The fourth-order valence-corrected chi connectivity index (χ4v) is 12.0. The molecule has 119 heavy (non-hydrogen) atoms. The summed E-state index contributed by atoms with van der Waals surface area (Å²) in [6.07, 6.45) is 5.24. The standard InChI is InChI=1S/C55H75N17O13.C22H46O12/c1-29(2)19-38(49(80)67-37(9-5-17-60-55(57)58)54(85)72-18-6-10-43(72)53(84)62-25-44(56)75)66-46(77)26-63-47(78)39(20-30-11-13-33(74)14-12-30)68-52(83)42(27-73)71-50(81)40(21-31-23-61-35-8-4-3-7-34(31)35)69-51(82)41(22-32-24-59-28-64-32)70-48(79)36-15-16-45(76)65-36;23-1-3-25-5-7-27-9-11-29-13-15-31-17-19-33-21-22-34-20-18-32-16-14-30-12-10-28-8-6-26-4-2-24/h3-4,7-8,11-14,23-24,28-29,36-43,61,73-74H,5-6,9-10,15-22,25-27H2,1-2H3,(H2,56,75)(H,59,64)(H,62,84)(H,63,78)(H,65,76)(H,66,77)(H,67,80)(H,68,83)(H,69,82)(H,70,79)(H,71,81)(H4,57,58,60);23-24H,1-22H2. The number of aromatic hydroxyl groups is 1. The van der Waals surface area contributed by atoms with Crippen molar-refractivity contribution in [2.45, 2.75) is 126 Å². The fraction of sp³-hybridized carbons (Fsp3) is 0.623. The second kappa shape index (κ2) is 58.7. The first-order valence-electron chi connectivity index (χ1n) is 39.7. The van der Waals surface area contributed by atoms with Crippen LogP contribution in [0.5, 0.6) is 5.75 Å². The largest absolute Gasteiger partial charge is 0.508 e. The van der Waals surface area contributed by atoms with Crippen LogP contribution >= 0.6 is 0 Å². The number of carbonyl (C=O) groups excluding carboxylic acids is 11. The van der Waals surface area contributed by atoms with Crippen molar-refractivity contribution in [3.63, 3.8) is 0 Å². The summed E-state index contributed by atoms with van der Waals surface area (Å²) in [4.78, 5) is 164. The predicted octanol–water partition coefficient (Wildman–Crippen LogP) is -5.25. The first-order valence-corrected chi connectivity index (χ1v) is 39.7. The number of ether oxygens (including phenoxy) is 10. The van der Waals surface area contributed by atoms with Crippen LogP contribution in [0, 0.1) is 5.92 Å². The van der Waals surface area contributed by atoms with Crippen molar-refractivity contribution in [1.29, 1.82) is 0 Å². The predicted molar refractivity (Wildman–Crippen MR) is 428 cm³/mol. The Morgan fingerprint density at radius 1 is 0.555 bits per heavy atom. The number of aliphatic imine (C=N–C) groups is 1. The van der Waals surface area contributed by atoms with Crippen molar-refractivity contribution in [2.24, 2.45) is 28.1 Å². The molecule has 4 heterocycles. The molecule has 21 N–H and O–H groups in total. The molecular weight excluding hydrogens is 1560 g/mol. The summed E-state index contributed by atoms with van der Waals surface area (Å²) in [6.45, 7) is 11.4. The van der Waals surface area contributed by atoms with E-state index in [0.29, 0.717) is 166 Å². The van der Waals surface area contributed by atoms with Crippen LogP contribution in [0.3, 0.4) is 0 Å². The lowest BCUT2D eigenvalue weighted by Crippen LogP contribution is -2.60. The number of imidazole rings is 1. The first-order chi connectivity index (χ1) is 57.5. The minimum absolute atomic E-state index is 0.0156. The summed E-state index contributed by atoms with van der Waals surface area (Å²) in [7, 11) is 0. The maximum absolute atomic E-state index is 14.4. The molecule has 4 aromatic rings. The number of nitrogens with two attached hydrogens (primary N) is 3. The van der Waals surface area contributed by atoms with E-state index in [1.807, 2.05) is 0 Å². The van der Waals surface area contributed by atoms with Gasteiger partial charge in [0.2, 0.25) is 65.0 Å². The number of para-hydroxylation sites is 1. The summed E-state index contributed by atoms with van der Waals surface area (Å²) in [6, 6.07) is 2.37. The number of amides is 11. The SMILES string of the molecule is CC(C)CC(NC(=O)CNC(=O)C(Cc1ccc(O)cc1)NC(=O)C(CO)NC(=O)C(Cc1c[nH]c2ccccc12)NC(=O)C(Cc1cnc[nH]1)NC(=O)C1CCC(=O)N1)C(=O)NC(CCCN=C(N)N)C(=O)N1CCCC1C(=O)NCC(N)=O.OCCOCCOCCOCCOCCOCCOCCOCCOCCOCCOCCO. The molecule has 0 spiro atoms. The Bertz CT molecular complexity index is 3660. The van der Waals surface area contributed by atoms with Crippen molar-refractivity contribution in [3.8, 4) is 5.75 Å². The van der Waals surface area contributed by atoms with Crippen molar-refractivity contribution < 1.29 is 121 Å². The smallest absolute Gasteiger partial charge is 0.245 e. The van der Waals surface area contributed by atoms with Crippen molar-refractivity contribution in [1.82, 2.24) is 67.7 Å². The number of aromatic nitrogens is 3. The molecule has 42 heteroatoms. The summed E-state index contributed by atoms with van der Waals surface area (Å²) in [5.41, 5.74) is 18.3. The first kappa shape index (κ1) is 99.5. The van der Waals surface area contributed by atoms with E-state index in [2.05, 4.69) is 67.8 Å². The van der Waals surface area contributed by atoms with Gasteiger partial charge in [0.1, 0.15) is 54.1 Å². The van der Waals surface area contributed by atoms with Gasteiger partial charge in [0.05, 0.1) is 171 Å². The third-order valence-corrected chi connectivity index (χ3v) is 17.9. The summed E-state index contributed by atoms with van der Waals surface area (Å²) < 4.78 is 53.2. The van der Waals surface area contributed by atoms with Gasteiger partial charge >= 0.3 is 0 Å². The van der Waals surface area contributed by atoms with Crippen molar-refractivity contribution >= 4 is 81.8 Å². The van der Waals surface area contributed by atoms with Crippen LogP contribution in [0.4, 0.5) is 0 Å². The Labute approximate surface area is 689 Å². The maximum atomic E-state index is 14.4. The van der Waals surface area contributed by atoms with E-state index in [1.54, 1.807) is 44.3 Å². The lowest BCUT2D eigenvalue weighted by molar-refractivity contribution is -0.142. The van der Waals surface area contributed by atoms with E-state index in [4.69, 9.17) is 74.8 Å². The van der Waals surface area contributed by atoms with Crippen LogP contribution in [-0.2, 0) is 119 Å².